The molecule has 0 spiro atoms. The number of aliphatic hydroxyl groups excluding tert-OH is 1. The molecule has 0 fully saturated rings. The van der Waals surface area contributed by atoms with Crippen molar-refractivity contribution in [3.8, 4) is 0 Å². The predicted octanol–water partition coefficient (Wildman–Crippen LogP) is -0.193. The summed E-state index contributed by atoms with van der Waals surface area (Å²) in [6, 6.07) is 0. The average molecular weight is 149 g/mol. The summed E-state index contributed by atoms with van der Waals surface area (Å²) in [6.45, 7) is 4.07. The molecular formula is C6H15NO3. The molecule has 4 heteroatoms. The van der Waals surface area contributed by atoms with Crippen molar-refractivity contribution in [1.82, 2.24) is 0 Å². The number of hydrogen-bond donors (Lipinski definition) is 3. The Morgan fingerprint density at radius 1 is 1.70 bits per heavy atom. The molecule has 0 aliphatic rings. The molecule has 0 amide bonds. The molecule has 1 unspecified atom stereocenters. The largest absolute Gasteiger partial charge is 0.479 e. The second-order valence-electron chi connectivity index (χ2n) is 1.80. The topological polar surface area (TPSA) is 83.5 Å². The summed E-state index contributed by atoms with van der Waals surface area (Å²) < 4.78 is 0. The third-order valence-electron chi connectivity index (χ3n) is 0.646. The van der Waals surface area contributed by atoms with E-state index in [-0.39, 0.29) is 0 Å². The minimum atomic E-state index is -1.23. The minimum absolute atomic E-state index is 0.819. The Labute approximate surface area is 60.7 Å². The number of nitrogens with two attached hydrogens (primary N) is 1. The lowest BCUT2D eigenvalue weighted by Gasteiger charge is -1.89. The third kappa shape index (κ3) is 15.7. The Morgan fingerprint density at radius 3 is 1.90 bits per heavy atom. The van der Waals surface area contributed by atoms with Crippen LogP contribution in [0.3, 0.4) is 0 Å². The van der Waals surface area contributed by atoms with Gasteiger partial charge in [-0.2, -0.15) is 0 Å². The molecule has 10 heavy (non-hydrogen) atoms. The molecule has 0 aromatic carbocycles. The van der Waals surface area contributed by atoms with Gasteiger partial charge in [0.25, 0.3) is 0 Å². The molecule has 1 atom stereocenters. The van der Waals surface area contributed by atoms with Crippen molar-refractivity contribution in [1.29, 1.82) is 0 Å². The maximum absolute atomic E-state index is 9.45. The standard InChI is InChI=1S/C3H9N.C3H6O3/c1-2-3-4;1-2(4)3(5)6/h2-4H2,1H3;2,4H,1H3,(H,5,6). The summed E-state index contributed by atoms with van der Waals surface area (Å²) >= 11 is 0. The summed E-state index contributed by atoms with van der Waals surface area (Å²) in [7, 11) is 0. The van der Waals surface area contributed by atoms with E-state index in [1.165, 1.54) is 6.92 Å². The van der Waals surface area contributed by atoms with Crippen LogP contribution in [-0.2, 0) is 4.79 Å². The normalized spacial score (nSPS) is 11.2. The number of carboxylic acid groups (broad SMARTS) is 1. The summed E-state index contributed by atoms with van der Waals surface area (Å²) in [4.78, 5) is 9.45. The number of aliphatic hydroxyl groups is 1. The van der Waals surface area contributed by atoms with Crippen LogP contribution in [-0.4, -0.2) is 28.8 Å². The van der Waals surface area contributed by atoms with Crippen LogP contribution in [0.1, 0.15) is 20.3 Å². The van der Waals surface area contributed by atoms with E-state index in [4.69, 9.17) is 15.9 Å². The van der Waals surface area contributed by atoms with Gasteiger partial charge < -0.3 is 15.9 Å². The molecule has 0 aromatic heterocycles. The zero-order valence-corrected chi connectivity index (χ0v) is 6.37. The second kappa shape index (κ2) is 8.39. The highest BCUT2D eigenvalue weighted by Crippen LogP contribution is 1.73. The number of rotatable bonds is 2. The first-order chi connectivity index (χ1) is 4.56. The van der Waals surface area contributed by atoms with Gasteiger partial charge in [-0.3, -0.25) is 0 Å². The van der Waals surface area contributed by atoms with Crippen molar-refractivity contribution in [2.24, 2.45) is 5.73 Å². The Balaban J connectivity index is 0. The van der Waals surface area contributed by atoms with E-state index >= 15 is 0 Å². The van der Waals surface area contributed by atoms with E-state index < -0.39 is 12.1 Å². The van der Waals surface area contributed by atoms with E-state index in [0.29, 0.717) is 0 Å². The number of aliphatic carboxylic acids is 1. The fourth-order valence-corrected chi connectivity index (χ4v) is 0. The summed E-state index contributed by atoms with van der Waals surface area (Å²) in [5.41, 5.74) is 5.03. The highest BCUT2D eigenvalue weighted by Gasteiger charge is 2.01. The van der Waals surface area contributed by atoms with Crippen LogP contribution >= 0.6 is 0 Å². The smallest absolute Gasteiger partial charge is 0.332 e. The number of carboxylic acids is 1. The van der Waals surface area contributed by atoms with Gasteiger partial charge in [0.1, 0.15) is 6.10 Å². The Kier molecular flexibility index (Phi) is 10.2. The van der Waals surface area contributed by atoms with Gasteiger partial charge >= 0.3 is 5.97 Å². The van der Waals surface area contributed by atoms with Crippen molar-refractivity contribution in [2.45, 2.75) is 26.4 Å². The lowest BCUT2D eigenvalue weighted by molar-refractivity contribution is -0.145. The van der Waals surface area contributed by atoms with Gasteiger partial charge in [-0.1, -0.05) is 6.92 Å². The molecule has 0 saturated heterocycles. The van der Waals surface area contributed by atoms with Gasteiger partial charge in [-0.25, -0.2) is 4.79 Å². The molecule has 4 nitrogen and oxygen atoms in total. The lowest BCUT2D eigenvalue weighted by atomic mass is 10.4. The van der Waals surface area contributed by atoms with Crippen LogP contribution in [0, 0.1) is 0 Å². The van der Waals surface area contributed by atoms with E-state index in [0.717, 1.165) is 13.0 Å². The zero-order chi connectivity index (χ0) is 8.57. The summed E-state index contributed by atoms with van der Waals surface area (Å²) in [6.07, 6.45) is -0.134. The van der Waals surface area contributed by atoms with Crippen molar-refractivity contribution >= 4 is 5.97 Å². The molecule has 0 aliphatic carbocycles. The molecule has 0 rings (SSSR count). The zero-order valence-electron chi connectivity index (χ0n) is 6.37. The fraction of sp³-hybridized carbons (Fsp3) is 0.833. The van der Waals surface area contributed by atoms with Crippen LogP contribution in [0.4, 0.5) is 0 Å². The molecule has 0 bridgehead atoms. The maximum Gasteiger partial charge on any atom is 0.332 e. The summed E-state index contributed by atoms with van der Waals surface area (Å²) in [5.74, 6) is -1.19. The average Bonchev–Trinajstić information content (AvgIpc) is 1.89. The van der Waals surface area contributed by atoms with Crippen LogP contribution in [0.15, 0.2) is 0 Å². The van der Waals surface area contributed by atoms with E-state index in [2.05, 4.69) is 6.92 Å². The first-order valence-corrected chi connectivity index (χ1v) is 3.17. The Hall–Kier alpha value is -0.610. The minimum Gasteiger partial charge on any atom is -0.479 e. The Bertz CT molecular complexity index is 81.1. The van der Waals surface area contributed by atoms with Gasteiger partial charge in [-0.15, -0.1) is 0 Å². The van der Waals surface area contributed by atoms with Gasteiger partial charge in [0.05, 0.1) is 0 Å². The monoisotopic (exact) mass is 149 g/mol. The van der Waals surface area contributed by atoms with Gasteiger partial charge in [0.15, 0.2) is 0 Å². The fourth-order valence-electron chi connectivity index (χ4n) is 0. The molecule has 0 saturated carbocycles. The molecule has 0 aliphatic heterocycles. The van der Waals surface area contributed by atoms with Crippen molar-refractivity contribution in [3.63, 3.8) is 0 Å². The van der Waals surface area contributed by atoms with Crippen molar-refractivity contribution in [2.75, 3.05) is 6.54 Å². The van der Waals surface area contributed by atoms with Crippen molar-refractivity contribution < 1.29 is 15.0 Å². The van der Waals surface area contributed by atoms with Gasteiger partial charge in [0, 0.05) is 0 Å². The van der Waals surface area contributed by atoms with E-state index in [1.54, 1.807) is 0 Å². The molecule has 0 radical (unpaired) electrons. The van der Waals surface area contributed by atoms with Crippen LogP contribution < -0.4 is 5.73 Å². The van der Waals surface area contributed by atoms with Crippen molar-refractivity contribution in [3.05, 3.63) is 0 Å². The SMILES string of the molecule is CC(O)C(=O)O.CCCN. The molecular weight excluding hydrogens is 134 g/mol. The number of hydrogen-bond acceptors (Lipinski definition) is 3. The third-order valence-corrected chi connectivity index (χ3v) is 0.646. The van der Waals surface area contributed by atoms with Crippen LogP contribution in [0.5, 0.6) is 0 Å². The van der Waals surface area contributed by atoms with Gasteiger partial charge in [-0.05, 0) is 19.9 Å². The first kappa shape index (κ1) is 12.1. The lowest BCUT2D eigenvalue weighted by Crippen LogP contribution is -2.13. The quantitative estimate of drug-likeness (QED) is 0.508. The van der Waals surface area contributed by atoms with Gasteiger partial charge in [0.2, 0.25) is 0 Å². The predicted molar refractivity (Wildman–Crippen MR) is 38.7 cm³/mol. The van der Waals surface area contributed by atoms with E-state index in [9.17, 15) is 4.79 Å². The molecule has 62 valence electrons. The second-order valence-corrected chi connectivity index (χ2v) is 1.80. The summed E-state index contributed by atoms with van der Waals surface area (Å²) in [5, 5.41) is 15.8. The highest BCUT2D eigenvalue weighted by atomic mass is 16.4. The number of carbonyl (C=O) groups is 1. The molecule has 0 heterocycles. The first-order valence-electron chi connectivity index (χ1n) is 3.17. The van der Waals surface area contributed by atoms with Crippen LogP contribution in [0.2, 0.25) is 0 Å². The van der Waals surface area contributed by atoms with E-state index in [1.807, 2.05) is 0 Å². The highest BCUT2D eigenvalue weighted by molar-refractivity contribution is 5.71. The molecule has 0 aromatic rings. The Morgan fingerprint density at radius 2 is 1.90 bits per heavy atom. The van der Waals surface area contributed by atoms with Crippen LogP contribution in [0.25, 0.3) is 0 Å². The molecule has 4 N–H and O–H groups in total. The maximum atomic E-state index is 9.45.